The first-order chi connectivity index (χ1) is 7.36. The maximum Gasteiger partial charge on any atom is 0.270 e. The Hall–Kier alpha value is -1.00. The van der Waals surface area contributed by atoms with Crippen molar-refractivity contribution in [1.82, 2.24) is 5.32 Å². The highest BCUT2D eigenvalue weighted by Gasteiger charge is 2.29. The standard InChI is InChI=1S/C12H17F2NO/c1-8-4-5-10(12(2,13)14)9(6-8)11(16)7-15-3/h4-6,11,15-16H,7H2,1-3H3. The molecule has 0 saturated heterocycles. The van der Waals surface area contributed by atoms with Crippen LogP contribution >= 0.6 is 0 Å². The Bertz CT molecular complexity index is 361. The van der Waals surface area contributed by atoms with Crippen molar-refractivity contribution < 1.29 is 13.9 Å². The van der Waals surface area contributed by atoms with Gasteiger partial charge in [-0.05, 0) is 19.5 Å². The summed E-state index contributed by atoms with van der Waals surface area (Å²) in [5.41, 5.74) is 1.04. The number of aliphatic hydroxyl groups is 1. The summed E-state index contributed by atoms with van der Waals surface area (Å²) in [7, 11) is 1.67. The van der Waals surface area contributed by atoms with Gasteiger partial charge in [-0.25, -0.2) is 8.78 Å². The first kappa shape index (κ1) is 13.1. The van der Waals surface area contributed by atoms with Crippen LogP contribution in [0.1, 0.15) is 29.7 Å². The van der Waals surface area contributed by atoms with Crippen molar-refractivity contribution in [2.45, 2.75) is 25.9 Å². The van der Waals surface area contributed by atoms with Crippen molar-refractivity contribution in [2.24, 2.45) is 0 Å². The Balaban J connectivity index is 3.18. The van der Waals surface area contributed by atoms with Crippen LogP contribution in [0.3, 0.4) is 0 Å². The second-order valence-corrected chi connectivity index (χ2v) is 4.05. The molecule has 4 heteroatoms. The minimum atomic E-state index is -2.93. The predicted octanol–water partition coefficient (Wildman–Crippen LogP) is 2.36. The van der Waals surface area contributed by atoms with Gasteiger partial charge < -0.3 is 10.4 Å². The summed E-state index contributed by atoms with van der Waals surface area (Å²) in [5, 5.41) is 12.6. The number of alkyl halides is 2. The van der Waals surface area contributed by atoms with E-state index in [9.17, 15) is 13.9 Å². The van der Waals surface area contributed by atoms with Gasteiger partial charge in [-0.1, -0.05) is 23.8 Å². The highest BCUT2D eigenvalue weighted by Crippen LogP contribution is 2.33. The van der Waals surface area contributed by atoms with Gasteiger partial charge in [0, 0.05) is 19.0 Å². The minimum Gasteiger partial charge on any atom is -0.387 e. The predicted molar refractivity (Wildman–Crippen MR) is 59.6 cm³/mol. The molecule has 1 rings (SSSR count). The average Bonchev–Trinajstić information content (AvgIpc) is 2.16. The lowest BCUT2D eigenvalue weighted by atomic mass is 9.96. The van der Waals surface area contributed by atoms with Crippen molar-refractivity contribution in [1.29, 1.82) is 0 Å². The Morgan fingerprint density at radius 2 is 2.06 bits per heavy atom. The Labute approximate surface area is 94.3 Å². The van der Waals surface area contributed by atoms with E-state index in [4.69, 9.17) is 0 Å². The molecule has 1 aromatic rings. The molecule has 0 aliphatic heterocycles. The lowest BCUT2D eigenvalue weighted by molar-refractivity contribution is 0.0137. The number of halogens is 2. The van der Waals surface area contributed by atoms with Gasteiger partial charge >= 0.3 is 0 Å². The van der Waals surface area contributed by atoms with Crippen molar-refractivity contribution >= 4 is 0 Å². The SMILES string of the molecule is CNCC(O)c1cc(C)ccc1C(C)(F)F. The van der Waals surface area contributed by atoms with Gasteiger partial charge in [0.05, 0.1) is 6.10 Å². The number of hydrogen-bond donors (Lipinski definition) is 2. The largest absolute Gasteiger partial charge is 0.387 e. The first-order valence-corrected chi connectivity index (χ1v) is 5.17. The molecule has 2 nitrogen and oxygen atoms in total. The highest BCUT2D eigenvalue weighted by atomic mass is 19.3. The molecule has 0 fully saturated rings. The van der Waals surface area contributed by atoms with Gasteiger partial charge in [0.1, 0.15) is 0 Å². The Morgan fingerprint density at radius 3 is 2.56 bits per heavy atom. The molecule has 90 valence electrons. The number of nitrogens with one attached hydrogen (secondary N) is 1. The van der Waals surface area contributed by atoms with Crippen LogP contribution in [-0.4, -0.2) is 18.7 Å². The van der Waals surface area contributed by atoms with Gasteiger partial charge in [-0.15, -0.1) is 0 Å². The summed E-state index contributed by atoms with van der Waals surface area (Å²) in [4.78, 5) is 0. The molecule has 0 spiro atoms. The number of aliphatic hydroxyl groups excluding tert-OH is 1. The van der Waals surface area contributed by atoms with Gasteiger partial charge in [-0.3, -0.25) is 0 Å². The Kier molecular flexibility index (Phi) is 3.99. The van der Waals surface area contributed by atoms with Crippen LogP contribution in [0.15, 0.2) is 18.2 Å². The second-order valence-electron chi connectivity index (χ2n) is 4.05. The van der Waals surface area contributed by atoms with Crippen molar-refractivity contribution in [3.05, 3.63) is 34.9 Å². The number of benzene rings is 1. The number of hydrogen-bond acceptors (Lipinski definition) is 2. The van der Waals surface area contributed by atoms with E-state index in [2.05, 4.69) is 5.32 Å². The second kappa shape index (κ2) is 4.89. The van der Waals surface area contributed by atoms with Crippen molar-refractivity contribution in [3.8, 4) is 0 Å². The van der Waals surface area contributed by atoms with Crippen LogP contribution in [0.2, 0.25) is 0 Å². The molecule has 2 N–H and O–H groups in total. The van der Waals surface area contributed by atoms with Crippen LogP contribution in [-0.2, 0) is 5.92 Å². The van der Waals surface area contributed by atoms with Crippen molar-refractivity contribution in [2.75, 3.05) is 13.6 Å². The normalized spacial score (nSPS) is 13.9. The molecule has 0 saturated carbocycles. The smallest absolute Gasteiger partial charge is 0.270 e. The first-order valence-electron chi connectivity index (χ1n) is 5.17. The molecule has 0 heterocycles. The minimum absolute atomic E-state index is 0.110. The maximum atomic E-state index is 13.3. The summed E-state index contributed by atoms with van der Waals surface area (Å²) < 4.78 is 26.6. The van der Waals surface area contributed by atoms with E-state index >= 15 is 0 Å². The molecule has 1 atom stereocenters. The zero-order valence-electron chi connectivity index (χ0n) is 9.72. The third kappa shape index (κ3) is 3.00. The molecule has 16 heavy (non-hydrogen) atoms. The topological polar surface area (TPSA) is 32.3 Å². The third-order valence-electron chi connectivity index (χ3n) is 2.44. The molecule has 0 radical (unpaired) electrons. The molecule has 0 aliphatic rings. The molecule has 0 aromatic heterocycles. The maximum absolute atomic E-state index is 13.3. The average molecular weight is 229 g/mol. The number of aryl methyl sites for hydroxylation is 1. The monoisotopic (exact) mass is 229 g/mol. The molecular weight excluding hydrogens is 212 g/mol. The lowest BCUT2D eigenvalue weighted by Gasteiger charge is -2.20. The fourth-order valence-corrected chi connectivity index (χ4v) is 1.66. The lowest BCUT2D eigenvalue weighted by Crippen LogP contribution is -2.21. The van der Waals surface area contributed by atoms with Crippen LogP contribution in [0.5, 0.6) is 0 Å². The summed E-state index contributed by atoms with van der Waals surface area (Å²) in [6.45, 7) is 2.91. The van der Waals surface area contributed by atoms with E-state index in [1.165, 1.54) is 6.07 Å². The molecule has 0 bridgehead atoms. The summed E-state index contributed by atoms with van der Waals surface area (Å²) in [5.74, 6) is -2.93. The molecular formula is C12H17F2NO. The van der Waals surface area contributed by atoms with Crippen LogP contribution in [0.25, 0.3) is 0 Å². The van der Waals surface area contributed by atoms with Gasteiger partial charge in [-0.2, -0.15) is 0 Å². The molecule has 0 aliphatic carbocycles. The molecule has 1 unspecified atom stereocenters. The molecule has 1 aromatic carbocycles. The van der Waals surface area contributed by atoms with Gasteiger partial charge in [0.2, 0.25) is 0 Å². The number of rotatable bonds is 4. The van der Waals surface area contributed by atoms with Crippen LogP contribution in [0.4, 0.5) is 8.78 Å². The van der Waals surface area contributed by atoms with E-state index in [0.717, 1.165) is 12.5 Å². The summed E-state index contributed by atoms with van der Waals surface area (Å²) in [6.07, 6.45) is -0.911. The summed E-state index contributed by atoms with van der Waals surface area (Å²) in [6, 6.07) is 4.61. The quantitative estimate of drug-likeness (QED) is 0.830. The molecule has 0 amide bonds. The summed E-state index contributed by atoms with van der Waals surface area (Å²) >= 11 is 0. The Morgan fingerprint density at radius 1 is 1.44 bits per heavy atom. The fourth-order valence-electron chi connectivity index (χ4n) is 1.66. The van der Waals surface area contributed by atoms with E-state index in [-0.39, 0.29) is 12.1 Å². The zero-order valence-corrected chi connectivity index (χ0v) is 9.72. The zero-order chi connectivity index (χ0) is 12.3. The van der Waals surface area contributed by atoms with Crippen LogP contribution in [0, 0.1) is 6.92 Å². The van der Waals surface area contributed by atoms with E-state index in [0.29, 0.717) is 5.56 Å². The number of likely N-dealkylation sites (N-methyl/N-ethyl adjacent to an activating group) is 1. The van der Waals surface area contributed by atoms with E-state index in [1.54, 1.807) is 19.2 Å². The van der Waals surface area contributed by atoms with Gasteiger partial charge in [0.25, 0.3) is 5.92 Å². The van der Waals surface area contributed by atoms with Crippen LogP contribution < -0.4 is 5.32 Å². The van der Waals surface area contributed by atoms with Crippen molar-refractivity contribution in [3.63, 3.8) is 0 Å². The third-order valence-corrected chi connectivity index (χ3v) is 2.44. The fraction of sp³-hybridized carbons (Fsp3) is 0.500. The van der Waals surface area contributed by atoms with Gasteiger partial charge in [0.15, 0.2) is 0 Å². The highest BCUT2D eigenvalue weighted by molar-refractivity contribution is 5.36. The van der Waals surface area contributed by atoms with E-state index in [1.807, 2.05) is 6.92 Å². The van der Waals surface area contributed by atoms with E-state index < -0.39 is 12.0 Å².